The third kappa shape index (κ3) is 3.76. The highest BCUT2D eigenvalue weighted by Crippen LogP contribution is 2.11. The maximum Gasteiger partial charge on any atom is 0.273 e. The second-order valence-electron chi connectivity index (χ2n) is 3.96. The van der Waals surface area contributed by atoms with E-state index in [1.807, 2.05) is 36.4 Å². The summed E-state index contributed by atoms with van der Waals surface area (Å²) in [6, 6.07) is 18.1. The Balaban J connectivity index is 1.93. The van der Waals surface area contributed by atoms with Crippen LogP contribution in [-0.2, 0) is 4.79 Å². The quantitative estimate of drug-likeness (QED) is 0.646. The Morgan fingerprint density at radius 2 is 1.63 bits per heavy atom. The van der Waals surface area contributed by atoms with Gasteiger partial charge in [-0.25, -0.2) is 5.43 Å². The maximum atomic E-state index is 11.7. The standard InChI is InChI=1S/C15H14N2O2/c18-14(13-9-5-2-6-10-13)15(19)17-16-11-12-7-3-1-4-8-12/h1-11,14,18H,(H,17,19)/t14-/m1/s1. The maximum absolute atomic E-state index is 11.7. The molecule has 0 saturated carbocycles. The summed E-state index contributed by atoms with van der Waals surface area (Å²) in [6.07, 6.45) is 0.310. The van der Waals surface area contributed by atoms with Crippen molar-refractivity contribution < 1.29 is 9.90 Å². The molecule has 0 fully saturated rings. The van der Waals surface area contributed by atoms with Gasteiger partial charge in [-0.1, -0.05) is 60.7 Å². The first-order chi connectivity index (χ1) is 9.27. The van der Waals surface area contributed by atoms with E-state index < -0.39 is 12.0 Å². The number of carbonyl (C=O) groups is 1. The van der Waals surface area contributed by atoms with Crippen LogP contribution >= 0.6 is 0 Å². The largest absolute Gasteiger partial charge is 0.378 e. The average molecular weight is 254 g/mol. The number of aliphatic hydroxyl groups excluding tert-OH is 1. The van der Waals surface area contributed by atoms with Crippen LogP contribution in [0, 0.1) is 0 Å². The first-order valence-corrected chi connectivity index (χ1v) is 5.88. The Kier molecular flexibility index (Phi) is 4.42. The number of hydrogen-bond acceptors (Lipinski definition) is 3. The van der Waals surface area contributed by atoms with Gasteiger partial charge < -0.3 is 5.11 Å². The molecule has 0 aromatic heterocycles. The Bertz CT molecular complexity index is 553. The number of nitrogens with one attached hydrogen (secondary N) is 1. The van der Waals surface area contributed by atoms with Crippen molar-refractivity contribution in [1.29, 1.82) is 0 Å². The van der Waals surface area contributed by atoms with E-state index >= 15 is 0 Å². The fourth-order valence-electron chi connectivity index (χ4n) is 1.56. The van der Waals surface area contributed by atoms with Crippen LogP contribution in [0.25, 0.3) is 0 Å². The van der Waals surface area contributed by atoms with Gasteiger partial charge in [0.25, 0.3) is 5.91 Å². The van der Waals surface area contributed by atoms with Gasteiger partial charge in [0.05, 0.1) is 6.21 Å². The summed E-state index contributed by atoms with van der Waals surface area (Å²) in [5.41, 5.74) is 3.72. The zero-order valence-corrected chi connectivity index (χ0v) is 10.2. The highest BCUT2D eigenvalue weighted by molar-refractivity contribution is 5.84. The van der Waals surface area contributed by atoms with E-state index in [4.69, 9.17) is 0 Å². The lowest BCUT2D eigenvalue weighted by atomic mass is 10.1. The second-order valence-corrected chi connectivity index (χ2v) is 3.96. The van der Waals surface area contributed by atoms with Crippen molar-refractivity contribution in [3.63, 3.8) is 0 Å². The van der Waals surface area contributed by atoms with E-state index in [1.165, 1.54) is 6.21 Å². The minimum atomic E-state index is -1.21. The molecule has 2 rings (SSSR count). The van der Waals surface area contributed by atoms with Crippen molar-refractivity contribution in [3.05, 3.63) is 71.8 Å². The normalized spacial score (nSPS) is 12.3. The summed E-state index contributed by atoms with van der Waals surface area (Å²) >= 11 is 0. The number of amides is 1. The first-order valence-electron chi connectivity index (χ1n) is 5.88. The molecule has 96 valence electrons. The first kappa shape index (κ1) is 13.0. The zero-order valence-electron chi connectivity index (χ0n) is 10.2. The molecular weight excluding hydrogens is 240 g/mol. The highest BCUT2D eigenvalue weighted by Gasteiger charge is 2.15. The van der Waals surface area contributed by atoms with Crippen LogP contribution in [0.2, 0.25) is 0 Å². The molecule has 1 atom stereocenters. The fraction of sp³-hybridized carbons (Fsp3) is 0.0667. The van der Waals surface area contributed by atoms with Crippen LogP contribution < -0.4 is 5.43 Å². The van der Waals surface area contributed by atoms with Crippen molar-refractivity contribution in [2.45, 2.75) is 6.10 Å². The van der Waals surface area contributed by atoms with Crippen molar-refractivity contribution in [3.8, 4) is 0 Å². The van der Waals surface area contributed by atoms with E-state index in [1.54, 1.807) is 24.3 Å². The number of hydrogen-bond donors (Lipinski definition) is 2. The molecule has 0 unspecified atom stereocenters. The summed E-state index contributed by atoms with van der Waals surface area (Å²) in [7, 11) is 0. The van der Waals surface area contributed by atoms with Gasteiger partial charge in [-0.3, -0.25) is 4.79 Å². The molecule has 0 radical (unpaired) electrons. The SMILES string of the molecule is O=C(NN=Cc1ccccc1)[C@H](O)c1ccccc1. The van der Waals surface area contributed by atoms with Crippen LogP contribution in [0.15, 0.2) is 65.8 Å². The molecular formula is C15H14N2O2. The lowest BCUT2D eigenvalue weighted by molar-refractivity contribution is -0.129. The molecule has 0 aliphatic heterocycles. The molecule has 1 amide bonds. The zero-order chi connectivity index (χ0) is 13.5. The molecule has 4 nitrogen and oxygen atoms in total. The Morgan fingerprint density at radius 3 is 2.26 bits per heavy atom. The van der Waals surface area contributed by atoms with Gasteiger partial charge in [0, 0.05) is 0 Å². The molecule has 19 heavy (non-hydrogen) atoms. The molecule has 2 aromatic rings. The van der Waals surface area contributed by atoms with E-state index in [0.29, 0.717) is 5.56 Å². The minimum Gasteiger partial charge on any atom is -0.378 e. The third-order valence-electron chi connectivity index (χ3n) is 2.55. The van der Waals surface area contributed by atoms with Gasteiger partial charge in [-0.15, -0.1) is 0 Å². The molecule has 0 spiro atoms. The number of hydrazone groups is 1. The highest BCUT2D eigenvalue weighted by atomic mass is 16.3. The Labute approximate surface area is 111 Å². The van der Waals surface area contributed by atoms with Crippen molar-refractivity contribution in [2.75, 3.05) is 0 Å². The van der Waals surface area contributed by atoms with Crippen LogP contribution in [0.4, 0.5) is 0 Å². The van der Waals surface area contributed by atoms with Crippen LogP contribution in [-0.4, -0.2) is 17.2 Å². The number of aliphatic hydroxyl groups is 1. The van der Waals surface area contributed by atoms with E-state index in [2.05, 4.69) is 10.5 Å². The van der Waals surface area contributed by atoms with Crippen molar-refractivity contribution in [2.24, 2.45) is 5.10 Å². The summed E-state index contributed by atoms with van der Waals surface area (Å²) in [5.74, 6) is -0.557. The molecule has 2 aromatic carbocycles. The monoisotopic (exact) mass is 254 g/mol. The smallest absolute Gasteiger partial charge is 0.273 e. The van der Waals surface area contributed by atoms with Crippen molar-refractivity contribution in [1.82, 2.24) is 5.43 Å². The Morgan fingerprint density at radius 1 is 1.05 bits per heavy atom. The molecule has 0 heterocycles. The van der Waals surface area contributed by atoms with E-state index in [9.17, 15) is 9.90 Å². The number of rotatable bonds is 4. The van der Waals surface area contributed by atoms with Crippen LogP contribution in [0.1, 0.15) is 17.2 Å². The summed E-state index contributed by atoms with van der Waals surface area (Å²) in [5, 5.41) is 13.6. The number of nitrogens with zero attached hydrogens (tertiary/aromatic N) is 1. The molecule has 2 N–H and O–H groups in total. The van der Waals surface area contributed by atoms with Crippen molar-refractivity contribution >= 4 is 12.1 Å². The van der Waals surface area contributed by atoms with Gasteiger partial charge in [-0.05, 0) is 11.1 Å². The Hall–Kier alpha value is -2.46. The molecule has 0 aliphatic rings. The van der Waals surface area contributed by atoms with E-state index in [-0.39, 0.29) is 0 Å². The van der Waals surface area contributed by atoms with Gasteiger partial charge >= 0.3 is 0 Å². The molecule has 0 aliphatic carbocycles. The fourth-order valence-corrected chi connectivity index (χ4v) is 1.56. The lowest BCUT2D eigenvalue weighted by Crippen LogP contribution is -2.25. The van der Waals surface area contributed by atoms with Crippen LogP contribution in [0.3, 0.4) is 0 Å². The number of benzene rings is 2. The lowest BCUT2D eigenvalue weighted by Gasteiger charge is -2.08. The minimum absolute atomic E-state index is 0.537. The summed E-state index contributed by atoms with van der Waals surface area (Å²) < 4.78 is 0. The topological polar surface area (TPSA) is 61.7 Å². The van der Waals surface area contributed by atoms with E-state index in [0.717, 1.165) is 5.56 Å². The molecule has 0 saturated heterocycles. The van der Waals surface area contributed by atoms with Gasteiger partial charge in [-0.2, -0.15) is 5.10 Å². The molecule has 0 bridgehead atoms. The predicted molar refractivity (Wildman–Crippen MR) is 73.6 cm³/mol. The summed E-state index contributed by atoms with van der Waals surface area (Å²) in [4.78, 5) is 11.7. The van der Waals surface area contributed by atoms with Gasteiger partial charge in [0.2, 0.25) is 0 Å². The molecule has 4 heteroatoms. The average Bonchev–Trinajstić information content (AvgIpc) is 2.48. The second kappa shape index (κ2) is 6.47. The van der Waals surface area contributed by atoms with Gasteiger partial charge in [0.1, 0.15) is 0 Å². The number of carbonyl (C=O) groups excluding carboxylic acids is 1. The third-order valence-corrected chi connectivity index (χ3v) is 2.55. The predicted octanol–water partition coefficient (Wildman–Crippen LogP) is 1.87. The summed E-state index contributed by atoms with van der Waals surface area (Å²) in [6.45, 7) is 0. The van der Waals surface area contributed by atoms with Gasteiger partial charge in [0.15, 0.2) is 6.10 Å². The van der Waals surface area contributed by atoms with Crippen LogP contribution in [0.5, 0.6) is 0 Å².